The van der Waals surface area contributed by atoms with E-state index in [1.54, 1.807) is 55.0 Å². The van der Waals surface area contributed by atoms with E-state index in [0.717, 1.165) is 5.56 Å². The molecule has 3 aromatic rings. The van der Waals surface area contributed by atoms with Gasteiger partial charge in [0.2, 0.25) is 11.8 Å². The molecular formula is C19H18N4O3. The van der Waals surface area contributed by atoms with Gasteiger partial charge in [0, 0.05) is 36.8 Å². The molecule has 0 saturated carbocycles. The summed E-state index contributed by atoms with van der Waals surface area (Å²) in [6.45, 7) is 0.120. The molecule has 26 heavy (non-hydrogen) atoms. The van der Waals surface area contributed by atoms with Gasteiger partial charge < -0.3 is 9.84 Å². The van der Waals surface area contributed by atoms with Gasteiger partial charge in [-0.25, -0.2) is 15.0 Å². The second kappa shape index (κ2) is 8.68. The van der Waals surface area contributed by atoms with Crippen LogP contribution in [0.25, 0.3) is 0 Å². The average molecular weight is 350 g/mol. The van der Waals surface area contributed by atoms with Gasteiger partial charge in [-0.1, -0.05) is 12.1 Å². The molecule has 7 heteroatoms. The lowest BCUT2D eigenvalue weighted by Gasteiger charge is -2.07. The number of hydrogen-bond donors (Lipinski definition) is 2. The zero-order chi connectivity index (χ0) is 18.2. The van der Waals surface area contributed by atoms with Crippen LogP contribution in [0.2, 0.25) is 0 Å². The standard InChI is InChI=1S/C19H18N4O3/c24-10-4-5-14-12-21-19(22-13-14)23-18(25)15-6-3-7-16(11-15)26-17-8-1-2-9-20-17/h1-3,6-9,11-13,24H,4-5,10H2,(H,21,22,23,25). The molecule has 132 valence electrons. The van der Waals surface area contributed by atoms with Crippen molar-refractivity contribution in [3.8, 4) is 11.6 Å². The van der Waals surface area contributed by atoms with E-state index in [9.17, 15) is 4.79 Å². The summed E-state index contributed by atoms with van der Waals surface area (Å²) in [5.74, 6) is 0.849. The van der Waals surface area contributed by atoms with E-state index in [4.69, 9.17) is 9.84 Å². The van der Waals surface area contributed by atoms with Crippen LogP contribution in [0.1, 0.15) is 22.3 Å². The Labute approximate surface area is 150 Å². The smallest absolute Gasteiger partial charge is 0.258 e. The molecule has 1 amide bonds. The number of aryl methyl sites for hydroxylation is 1. The molecule has 0 radical (unpaired) electrons. The first-order valence-corrected chi connectivity index (χ1v) is 8.16. The lowest BCUT2D eigenvalue weighted by Crippen LogP contribution is -2.14. The van der Waals surface area contributed by atoms with Crippen LogP contribution < -0.4 is 10.1 Å². The number of carbonyl (C=O) groups is 1. The van der Waals surface area contributed by atoms with Crippen molar-refractivity contribution in [1.82, 2.24) is 15.0 Å². The highest BCUT2D eigenvalue weighted by molar-refractivity contribution is 6.03. The quantitative estimate of drug-likeness (QED) is 0.680. The maximum absolute atomic E-state index is 12.4. The lowest BCUT2D eigenvalue weighted by molar-refractivity contribution is 0.102. The van der Waals surface area contributed by atoms with Gasteiger partial charge in [0.15, 0.2) is 0 Å². The summed E-state index contributed by atoms with van der Waals surface area (Å²) in [4.78, 5) is 24.7. The molecule has 0 atom stereocenters. The number of anilines is 1. The Balaban J connectivity index is 1.65. The second-order valence-electron chi connectivity index (χ2n) is 5.49. The highest BCUT2D eigenvalue weighted by Crippen LogP contribution is 2.20. The van der Waals surface area contributed by atoms with Gasteiger partial charge in [0.05, 0.1) is 0 Å². The summed E-state index contributed by atoms with van der Waals surface area (Å²) in [5, 5.41) is 11.5. The van der Waals surface area contributed by atoms with Crippen LogP contribution in [0.15, 0.2) is 61.1 Å². The molecule has 3 rings (SSSR count). The zero-order valence-corrected chi connectivity index (χ0v) is 14.0. The van der Waals surface area contributed by atoms with Crippen LogP contribution in [0.4, 0.5) is 5.95 Å². The summed E-state index contributed by atoms with van der Waals surface area (Å²) in [6.07, 6.45) is 6.25. The van der Waals surface area contributed by atoms with Crippen LogP contribution in [-0.2, 0) is 6.42 Å². The minimum absolute atomic E-state index is 0.120. The molecule has 0 fully saturated rings. The predicted molar refractivity (Wildman–Crippen MR) is 96.1 cm³/mol. The Morgan fingerprint density at radius 3 is 2.65 bits per heavy atom. The number of nitrogens with zero attached hydrogens (tertiary/aromatic N) is 3. The van der Waals surface area contributed by atoms with E-state index in [0.29, 0.717) is 30.0 Å². The first-order valence-electron chi connectivity index (χ1n) is 8.16. The van der Waals surface area contributed by atoms with Crippen molar-refractivity contribution in [3.63, 3.8) is 0 Å². The molecule has 0 aliphatic carbocycles. The zero-order valence-electron chi connectivity index (χ0n) is 14.0. The van der Waals surface area contributed by atoms with Gasteiger partial charge in [-0.3, -0.25) is 10.1 Å². The monoisotopic (exact) mass is 350 g/mol. The number of carbonyl (C=O) groups excluding carboxylic acids is 1. The van der Waals surface area contributed by atoms with Crippen molar-refractivity contribution in [1.29, 1.82) is 0 Å². The molecule has 0 aliphatic heterocycles. The van der Waals surface area contributed by atoms with Crippen molar-refractivity contribution in [2.45, 2.75) is 12.8 Å². The molecule has 2 aromatic heterocycles. The Morgan fingerprint density at radius 1 is 1.08 bits per heavy atom. The van der Waals surface area contributed by atoms with Gasteiger partial charge in [-0.05, 0) is 42.7 Å². The number of amides is 1. The number of aromatic nitrogens is 3. The van der Waals surface area contributed by atoms with Gasteiger partial charge in [-0.2, -0.15) is 0 Å². The number of aliphatic hydroxyl groups is 1. The highest BCUT2D eigenvalue weighted by Gasteiger charge is 2.09. The fourth-order valence-electron chi connectivity index (χ4n) is 2.23. The van der Waals surface area contributed by atoms with E-state index < -0.39 is 0 Å². The molecule has 0 unspecified atom stereocenters. The normalized spacial score (nSPS) is 10.3. The minimum Gasteiger partial charge on any atom is -0.439 e. The van der Waals surface area contributed by atoms with Gasteiger partial charge in [-0.15, -0.1) is 0 Å². The Kier molecular flexibility index (Phi) is 5.84. The van der Waals surface area contributed by atoms with Crippen molar-refractivity contribution in [2.75, 3.05) is 11.9 Å². The highest BCUT2D eigenvalue weighted by atomic mass is 16.5. The molecule has 0 spiro atoms. The summed E-state index contributed by atoms with van der Waals surface area (Å²) in [7, 11) is 0. The number of pyridine rings is 1. The van der Waals surface area contributed by atoms with Gasteiger partial charge in [0.25, 0.3) is 5.91 Å². The SMILES string of the molecule is O=C(Nc1ncc(CCCO)cn1)c1cccc(Oc2ccccn2)c1. The summed E-state index contributed by atoms with van der Waals surface area (Å²) >= 11 is 0. The van der Waals surface area contributed by atoms with E-state index >= 15 is 0 Å². The second-order valence-corrected chi connectivity index (χ2v) is 5.49. The maximum Gasteiger partial charge on any atom is 0.258 e. The first kappa shape index (κ1) is 17.5. The number of aliphatic hydroxyl groups excluding tert-OH is 1. The van der Waals surface area contributed by atoms with Crippen molar-refractivity contribution in [2.24, 2.45) is 0 Å². The third-order valence-corrected chi connectivity index (χ3v) is 3.51. The van der Waals surface area contributed by atoms with E-state index in [2.05, 4.69) is 20.3 Å². The van der Waals surface area contributed by atoms with Crippen molar-refractivity contribution in [3.05, 3.63) is 72.2 Å². The van der Waals surface area contributed by atoms with Crippen LogP contribution >= 0.6 is 0 Å². The molecule has 0 aliphatic rings. The maximum atomic E-state index is 12.4. The molecule has 2 N–H and O–H groups in total. The van der Waals surface area contributed by atoms with E-state index in [1.165, 1.54) is 0 Å². The molecule has 0 saturated heterocycles. The third kappa shape index (κ3) is 4.84. The number of ether oxygens (including phenoxy) is 1. The average Bonchev–Trinajstić information content (AvgIpc) is 2.68. The topological polar surface area (TPSA) is 97.2 Å². The van der Waals surface area contributed by atoms with Crippen molar-refractivity contribution < 1.29 is 14.6 Å². The van der Waals surface area contributed by atoms with Gasteiger partial charge in [0.1, 0.15) is 5.75 Å². The largest absolute Gasteiger partial charge is 0.439 e. The van der Waals surface area contributed by atoms with Crippen LogP contribution in [-0.4, -0.2) is 32.6 Å². The number of hydrogen-bond acceptors (Lipinski definition) is 6. The van der Waals surface area contributed by atoms with Crippen molar-refractivity contribution >= 4 is 11.9 Å². The third-order valence-electron chi connectivity index (χ3n) is 3.51. The summed E-state index contributed by atoms with van der Waals surface area (Å²) in [6, 6.07) is 12.1. The Morgan fingerprint density at radius 2 is 1.92 bits per heavy atom. The first-order chi connectivity index (χ1) is 12.7. The Hall–Kier alpha value is -3.32. The minimum atomic E-state index is -0.334. The molecule has 7 nitrogen and oxygen atoms in total. The fourth-order valence-corrected chi connectivity index (χ4v) is 2.23. The van der Waals surface area contributed by atoms with E-state index in [-0.39, 0.29) is 18.5 Å². The number of nitrogens with one attached hydrogen (secondary N) is 1. The Bertz CT molecular complexity index is 854. The van der Waals surface area contributed by atoms with Gasteiger partial charge >= 0.3 is 0 Å². The fraction of sp³-hybridized carbons (Fsp3) is 0.158. The molecule has 1 aromatic carbocycles. The summed E-state index contributed by atoms with van der Waals surface area (Å²) < 4.78 is 5.63. The lowest BCUT2D eigenvalue weighted by atomic mass is 10.2. The number of rotatable bonds is 7. The summed E-state index contributed by atoms with van der Waals surface area (Å²) in [5.41, 5.74) is 1.33. The van der Waals surface area contributed by atoms with Crippen LogP contribution in [0.5, 0.6) is 11.6 Å². The van der Waals surface area contributed by atoms with Crippen LogP contribution in [0, 0.1) is 0 Å². The van der Waals surface area contributed by atoms with E-state index in [1.807, 2.05) is 6.07 Å². The van der Waals surface area contributed by atoms with Crippen LogP contribution in [0.3, 0.4) is 0 Å². The number of benzene rings is 1. The molecule has 0 bridgehead atoms. The molecular weight excluding hydrogens is 332 g/mol. The predicted octanol–water partition coefficient (Wildman–Crippen LogP) is 2.84. The molecule has 2 heterocycles.